The molecule has 132 valence electrons. The van der Waals surface area contributed by atoms with Gasteiger partial charge in [0.2, 0.25) is 0 Å². The molecule has 0 saturated carbocycles. The smallest absolute Gasteiger partial charge is 0.416 e. The number of nitrogens with zero attached hydrogens (tertiary/aromatic N) is 1. The van der Waals surface area contributed by atoms with Crippen molar-refractivity contribution in [3.8, 4) is 0 Å². The molecule has 25 heavy (non-hydrogen) atoms. The monoisotopic (exact) mass is 349 g/mol. The number of hydrogen-bond donors (Lipinski definition) is 1. The minimum Gasteiger partial charge on any atom is -0.481 e. The van der Waals surface area contributed by atoms with Gasteiger partial charge in [-0.25, -0.2) is 0 Å². The summed E-state index contributed by atoms with van der Waals surface area (Å²) >= 11 is 0. The highest BCUT2D eigenvalue weighted by atomic mass is 19.4. The van der Waals surface area contributed by atoms with Crippen LogP contribution in [0.2, 0.25) is 0 Å². The topological polar surface area (TPSA) is 40.5 Å². The zero-order valence-electron chi connectivity index (χ0n) is 13.4. The van der Waals surface area contributed by atoms with E-state index in [1.165, 1.54) is 12.1 Å². The molecule has 1 saturated heterocycles. The number of carboxylic acid groups (broad SMARTS) is 1. The van der Waals surface area contributed by atoms with Gasteiger partial charge in [-0.05, 0) is 23.3 Å². The van der Waals surface area contributed by atoms with Gasteiger partial charge in [-0.15, -0.1) is 0 Å². The number of halogens is 3. The SMILES string of the molecule is O=C(O)[C@@H]1CN(Cc2ccccc2)C[C@@H]1c1ccc(C(F)(F)F)cc1. The van der Waals surface area contributed by atoms with Gasteiger partial charge in [0.25, 0.3) is 0 Å². The molecule has 1 fully saturated rings. The zero-order valence-corrected chi connectivity index (χ0v) is 13.4. The maximum Gasteiger partial charge on any atom is 0.416 e. The molecule has 2 aromatic carbocycles. The van der Waals surface area contributed by atoms with Crippen LogP contribution in [0.4, 0.5) is 13.2 Å². The highest BCUT2D eigenvalue weighted by molar-refractivity contribution is 5.72. The van der Waals surface area contributed by atoms with Gasteiger partial charge in [-0.2, -0.15) is 13.2 Å². The molecule has 0 spiro atoms. The van der Waals surface area contributed by atoms with Crippen LogP contribution in [0.25, 0.3) is 0 Å². The quantitative estimate of drug-likeness (QED) is 0.907. The number of carbonyl (C=O) groups is 1. The molecule has 0 unspecified atom stereocenters. The first-order valence-electron chi connectivity index (χ1n) is 8.01. The summed E-state index contributed by atoms with van der Waals surface area (Å²) in [5.74, 6) is -1.86. The van der Waals surface area contributed by atoms with E-state index in [4.69, 9.17) is 0 Å². The Bertz CT molecular complexity index is 729. The molecule has 1 aliphatic rings. The molecule has 0 radical (unpaired) electrons. The molecule has 1 aliphatic heterocycles. The Morgan fingerprint density at radius 1 is 1.04 bits per heavy atom. The summed E-state index contributed by atoms with van der Waals surface area (Å²) < 4.78 is 38.1. The van der Waals surface area contributed by atoms with E-state index in [0.29, 0.717) is 25.2 Å². The lowest BCUT2D eigenvalue weighted by atomic mass is 9.88. The van der Waals surface area contributed by atoms with Crippen LogP contribution in [0, 0.1) is 5.92 Å². The van der Waals surface area contributed by atoms with Gasteiger partial charge in [-0.3, -0.25) is 9.69 Å². The van der Waals surface area contributed by atoms with Crippen LogP contribution in [0.3, 0.4) is 0 Å². The summed E-state index contributed by atoms with van der Waals surface area (Å²) in [6.45, 7) is 1.52. The summed E-state index contributed by atoms with van der Waals surface area (Å²) in [5.41, 5.74) is 0.998. The third kappa shape index (κ3) is 4.02. The summed E-state index contributed by atoms with van der Waals surface area (Å²) in [6.07, 6.45) is -4.39. The Balaban J connectivity index is 1.78. The molecule has 6 heteroatoms. The van der Waals surface area contributed by atoms with Crippen LogP contribution < -0.4 is 0 Å². The average molecular weight is 349 g/mol. The first kappa shape index (κ1) is 17.5. The number of aliphatic carboxylic acids is 1. The van der Waals surface area contributed by atoms with Crippen molar-refractivity contribution in [1.82, 2.24) is 4.90 Å². The maximum absolute atomic E-state index is 12.7. The molecule has 3 rings (SSSR count). The number of carboxylic acids is 1. The van der Waals surface area contributed by atoms with Gasteiger partial charge in [0.1, 0.15) is 0 Å². The summed E-state index contributed by atoms with van der Waals surface area (Å²) in [4.78, 5) is 13.6. The predicted octanol–water partition coefficient (Wildman–Crippen LogP) is 4.01. The molecule has 2 aromatic rings. The van der Waals surface area contributed by atoms with Crippen LogP contribution in [0.1, 0.15) is 22.6 Å². The Morgan fingerprint density at radius 3 is 2.24 bits per heavy atom. The third-order valence-electron chi connectivity index (χ3n) is 4.63. The van der Waals surface area contributed by atoms with Gasteiger partial charge in [0.05, 0.1) is 11.5 Å². The molecule has 3 nitrogen and oxygen atoms in total. The lowest BCUT2D eigenvalue weighted by Gasteiger charge is -2.17. The van der Waals surface area contributed by atoms with Crippen LogP contribution >= 0.6 is 0 Å². The highest BCUT2D eigenvalue weighted by Crippen LogP contribution is 2.36. The van der Waals surface area contributed by atoms with E-state index in [9.17, 15) is 23.1 Å². The van der Waals surface area contributed by atoms with Crippen LogP contribution in [-0.4, -0.2) is 29.1 Å². The second-order valence-corrected chi connectivity index (χ2v) is 6.35. The van der Waals surface area contributed by atoms with Crippen molar-refractivity contribution in [3.63, 3.8) is 0 Å². The van der Waals surface area contributed by atoms with Gasteiger partial charge in [0, 0.05) is 25.6 Å². The molecule has 2 atom stereocenters. The number of benzene rings is 2. The number of hydrogen-bond acceptors (Lipinski definition) is 2. The van der Waals surface area contributed by atoms with Crippen molar-refractivity contribution >= 4 is 5.97 Å². The van der Waals surface area contributed by atoms with Crippen molar-refractivity contribution in [2.24, 2.45) is 5.92 Å². The fraction of sp³-hybridized carbons (Fsp3) is 0.316. The lowest BCUT2D eigenvalue weighted by Crippen LogP contribution is -2.23. The number of likely N-dealkylation sites (tertiary alicyclic amines) is 1. The van der Waals surface area contributed by atoms with Gasteiger partial charge in [0.15, 0.2) is 0 Å². The van der Waals surface area contributed by atoms with E-state index in [0.717, 1.165) is 17.7 Å². The van der Waals surface area contributed by atoms with Crippen molar-refractivity contribution in [1.29, 1.82) is 0 Å². The summed E-state index contributed by atoms with van der Waals surface area (Å²) in [7, 11) is 0. The second kappa shape index (κ2) is 6.88. The summed E-state index contributed by atoms with van der Waals surface area (Å²) in [6, 6.07) is 14.6. The Labute approximate surface area is 143 Å². The largest absolute Gasteiger partial charge is 0.481 e. The van der Waals surface area contributed by atoms with Crippen LogP contribution in [-0.2, 0) is 17.5 Å². The van der Waals surface area contributed by atoms with Gasteiger partial charge in [-0.1, -0.05) is 42.5 Å². The normalized spacial score (nSPS) is 21.4. The molecule has 1 N–H and O–H groups in total. The fourth-order valence-corrected chi connectivity index (χ4v) is 3.36. The minimum absolute atomic E-state index is 0.316. The lowest BCUT2D eigenvalue weighted by molar-refractivity contribution is -0.142. The Hall–Kier alpha value is -2.34. The predicted molar refractivity (Wildman–Crippen MR) is 87.0 cm³/mol. The first-order chi connectivity index (χ1) is 11.8. The first-order valence-corrected chi connectivity index (χ1v) is 8.01. The minimum atomic E-state index is -4.39. The zero-order chi connectivity index (χ0) is 18.0. The van der Waals surface area contributed by atoms with Gasteiger partial charge >= 0.3 is 12.1 Å². The molecular formula is C19H18F3NO2. The molecule has 0 aliphatic carbocycles. The molecule has 0 aromatic heterocycles. The van der Waals surface area contributed by atoms with Crippen LogP contribution in [0.5, 0.6) is 0 Å². The van der Waals surface area contributed by atoms with E-state index in [-0.39, 0.29) is 5.92 Å². The van der Waals surface area contributed by atoms with E-state index < -0.39 is 23.6 Å². The Morgan fingerprint density at radius 2 is 1.68 bits per heavy atom. The Kier molecular flexibility index (Phi) is 4.81. The van der Waals surface area contributed by atoms with E-state index in [1.807, 2.05) is 35.2 Å². The van der Waals surface area contributed by atoms with Crippen molar-refractivity contribution in [2.45, 2.75) is 18.6 Å². The molecule has 0 amide bonds. The van der Waals surface area contributed by atoms with E-state index >= 15 is 0 Å². The summed E-state index contributed by atoms with van der Waals surface area (Å²) in [5, 5.41) is 9.51. The molecule has 1 heterocycles. The third-order valence-corrected chi connectivity index (χ3v) is 4.63. The number of rotatable bonds is 4. The van der Waals surface area contributed by atoms with Crippen molar-refractivity contribution < 1.29 is 23.1 Å². The molecular weight excluding hydrogens is 331 g/mol. The number of alkyl halides is 3. The second-order valence-electron chi connectivity index (χ2n) is 6.35. The fourth-order valence-electron chi connectivity index (χ4n) is 3.36. The highest BCUT2D eigenvalue weighted by Gasteiger charge is 2.39. The molecule has 0 bridgehead atoms. The van der Waals surface area contributed by atoms with Gasteiger partial charge < -0.3 is 5.11 Å². The maximum atomic E-state index is 12.7. The average Bonchev–Trinajstić information content (AvgIpc) is 2.99. The van der Waals surface area contributed by atoms with Crippen molar-refractivity contribution in [3.05, 3.63) is 71.3 Å². The standard InChI is InChI=1S/C19H18F3NO2/c20-19(21,22)15-8-6-14(7-9-15)16-11-23(12-17(16)18(24)25)10-13-4-2-1-3-5-13/h1-9,16-17H,10-12H2,(H,24,25)/t16-,17-/m1/s1. The van der Waals surface area contributed by atoms with E-state index in [2.05, 4.69) is 0 Å². The van der Waals surface area contributed by atoms with Crippen molar-refractivity contribution in [2.75, 3.05) is 13.1 Å². The van der Waals surface area contributed by atoms with Crippen LogP contribution in [0.15, 0.2) is 54.6 Å². The van der Waals surface area contributed by atoms with E-state index in [1.54, 1.807) is 0 Å².